The molecule has 0 aliphatic carbocycles. The van der Waals surface area contributed by atoms with Crippen LogP contribution in [-0.4, -0.2) is 61.1 Å². The Hall–Kier alpha value is -1.39. The van der Waals surface area contributed by atoms with E-state index in [0.29, 0.717) is 24.4 Å². The number of aryl methyl sites for hydroxylation is 2. The fourth-order valence-electron chi connectivity index (χ4n) is 3.75. The van der Waals surface area contributed by atoms with Crippen LogP contribution >= 0.6 is 0 Å². The van der Waals surface area contributed by atoms with Crippen molar-refractivity contribution in [3.63, 3.8) is 0 Å². The molecule has 0 radical (unpaired) electrons. The van der Waals surface area contributed by atoms with E-state index in [-0.39, 0.29) is 0 Å². The van der Waals surface area contributed by atoms with Crippen LogP contribution in [0.5, 0.6) is 0 Å². The molecular weight excluding hydrogens is 312 g/mol. The van der Waals surface area contributed by atoms with Gasteiger partial charge in [0, 0.05) is 51.9 Å². The largest absolute Gasteiger partial charge is 0.385 e. The molecule has 4 heteroatoms. The highest BCUT2D eigenvalue weighted by Crippen LogP contribution is 2.18. The molecule has 1 aromatic rings. The van der Waals surface area contributed by atoms with Crippen LogP contribution in [-0.2, 0) is 16.0 Å². The summed E-state index contributed by atoms with van der Waals surface area (Å²) in [5.74, 6) is 0.308. The number of benzene rings is 1. The predicted molar refractivity (Wildman–Crippen MR) is 103 cm³/mol. The van der Waals surface area contributed by atoms with E-state index in [1.54, 1.807) is 7.11 Å². The molecule has 1 saturated heterocycles. The van der Waals surface area contributed by atoms with Crippen LogP contribution in [0.2, 0.25) is 0 Å². The van der Waals surface area contributed by atoms with Crippen molar-refractivity contribution in [3.8, 4) is 0 Å². The van der Waals surface area contributed by atoms with Gasteiger partial charge in [0.05, 0.1) is 0 Å². The van der Waals surface area contributed by atoms with Crippen LogP contribution in [0.4, 0.5) is 0 Å². The second-order valence-corrected chi connectivity index (χ2v) is 7.42. The van der Waals surface area contributed by atoms with Gasteiger partial charge in [-0.05, 0) is 45.6 Å². The third-order valence-corrected chi connectivity index (χ3v) is 5.20. The molecule has 1 amide bonds. The third kappa shape index (κ3) is 6.12. The van der Waals surface area contributed by atoms with E-state index in [1.165, 1.54) is 11.1 Å². The molecule has 1 fully saturated rings. The molecule has 0 bridgehead atoms. The van der Waals surface area contributed by atoms with Crippen molar-refractivity contribution < 1.29 is 9.53 Å². The van der Waals surface area contributed by atoms with Crippen LogP contribution in [0.25, 0.3) is 0 Å². The molecule has 1 aliphatic rings. The first-order valence-corrected chi connectivity index (χ1v) is 9.59. The summed E-state index contributed by atoms with van der Waals surface area (Å²) in [6.07, 6.45) is 3.61. The van der Waals surface area contributed by atoms with Crippen LogP contribution in [0.1, 0.15) is 44.2 Å². The predicted octanol–water partition coefficient (Wildman–Crippen LogP) is 3.28. The maximum Gasteiger partial charge on any atom is 0.222 e. The molecule has 4 nitrogen and oxygen atoms in total. The summed E-state index contributed by atoms with van der Waals surface area (Å²) < 4.78 is 5.16. The molecule has 25 heavy (non-hydrogen) atoms. The number of hydrogen-bond acceptors (Lipinski definition) is 3. The standard InChI is InChI=1S/C21H34N2O2/c1-17-9-11-20(12-10-17)7-5-8-21(24)22-15-18(2)23(19(3)16-22)13-6-14-25-4/h9-12,18-19H,5-8,13-16H2,1-4H3. The van der Waals surface area contributed by atoms with Crippen molar-refractivity contribution in [2.75, 3.05) is 33.4 Å². The molecule has 1 aliphatic heterocycles. The van der Waals surface area contributed by atoms with Gasteiger partial charge >= 0.3 is 0 Å². The molecule has 1 heterocycles. The van der Waals surface area contributed by atoms with E-state index in [4.69, 9.17) is 4.74 Å². The summed E-state index contributed by atoms with van der Waals surface area (Å²) in [6.45, 7) is 10.1. The highest BCUT2D eigenvalue weighted by molar-refractivity contribution is 5.76. The molecular formula is C21H34N2O2. The highest BCUT2D eigenvalue weighted by atomic mass is 16.5. The van der Waals surface area contributed by atoms with Crippen molar-refractivity contribution in [3.05, 3.63) is 35.4 Å². The second-order valence-electron chi connectivity index (χ2n) is 7.42. The summed E-state index contributed by atoms with van der Waals surface area (Å²) in [4.78, 5) is 17.2. The Morgan fingerprint density at radius 1 is 1.12 bits per heavy atom. The topological polar surface area (TPSA) is 32.8 Å². The van der Waals surface area contributed by atoms with Crippen LogP contribution < -0.4 is 0 Å². The maximum atomic E-state index is 12.6. The van der Waals surface area contributed by atoms with E-state index in [2.05, 4.69) is 54.8 Å². The smallest absolute Gasteiger partial charge is 0.222 e. The van der Waals surface area contributed by atoms with Gasteiger partial charge < -0.3 is 9.64 Å². The quantitative estimate of drug-likeness (QED) is 0.677. The normalized spacial score (nSPS) is 21.5. The van der Waals surface area contributed by atoms with Gasteiger partial charge in [0.15, 0.2) is 0 Å². The highest BCUT2D eigenvalue weighted by Gasteiger charge is 2.30. The Morgan fingerprint density at radius 2 is 1.76 bits per heavy atom. The average molecular weight is 347 g/mol. The Bertz CT molecular complexity index is 517. The molecule has 0 spiro atoms. The number of hydrogen-bond donors (Lipinski definition) is 0. The number of carbonyl (C=O) groups is 1. The summed E-state index contributed by atoms with van der Waals surface area (Å²) in [6, 6.07) is 9.46. The monoisotopic (exact) mass is 346 g/mol. The fraction of sp³-hybridized carbons (Fsp3) is 0.667. The van der Waals surface area contributed by atoms with Crippen molar-refractivity contribution in [1.29, 1.82) is 0 Å². The fourth-order valence-corrected chi connectivity index (χ4v) is 3.75. The van der Waals surface area contributed by atoms with E-state index in [1.807, 2.05) is 0 Å². The zero-order chi connectivity index (χ0) is 18.2. The molecule has 2 rings (SSSR count). The van der Waals surface area contributed by atoms with Crippen LogP contribution in [0.15, 0.2) is 24.3 Å². The second kappa shape index (κ2) is 9.93. The molecule has 2 atom stereocenters. The number of ether oxygens (including phenoxy) is 1. The SMILES string of the molecule is COCCCN1C(C)CN(C(=O)CCCc2ccc(C)cc2)CC1C. The minimum Gasteiger partial charge on any atom is -0.385 e. The van der Waals surface area contributed by atoms with E-state index in [0.717, 1.165) is 45.5 Å². The van der Waals surface area contributed by atoms with E-state index in [9.17, 15) is 4.79 Å². The van der Waals surface area contributed by atoms with Crippen molar-refractivity contribution in [2.24, 2.45) is 0 Å². The zero-order valence-electron chi connectivity index (χ0n) is 16.3. The van der Waals surface area contributed by atoms with Crippen molar-refractivity contribution >= 4 is 5.91 Å². The summed E-state index contributed by atoms with van der Waals surface area (Å²) in [7, 11) is 1.75. The van der Waals surface area contributed by atoms with E-state index >= 15 is 0 Å². The number of rotatable bonds is 8. The summed E-state index contributed by atoms with van der Waals surface area (Å²) in [5.41, 5.74) is 2.61. The lowest BCUT2D eigenvalue weighted by molar-refractivity contribution is -0.135. The van der Waals surface area contributed by atoms with Gasteiger partial charge in [-0.1, -0.05) is 29.8 Å². The number of methoxy groups -OCH3 is 1. The van der Waals surface area contributed by atoms with Gasteiger partial charge in [0.2, 0.25) is 5.91 Å². The Kier molecular flexibility index (Phi) is 7.91. The Labute approximate surface area is 153 Å². The van der Waals surface area contributed by atoms with Gasteiger partial charge in [-0.25, -0.2) is 0 Å². The summed E-state index contributed by atoms with van der Waals surface area (Å²) in [5, 5.41) is 0. The minimum atomic E-state index is 0.308. The first-order chi connectivity index (χ1) is 12.0. The lowest BCUT2D eigenvalue weighted by Gasteiger charge is -2.44. The summed E-state index contributed by atoms with van der Waals surface area (Å²) >= 11 is 0. The number of nitrogens with zero attached hydrogens (tertiary/aromatic N) is 2. The molecule has 2 unspecified atom stereocenters. The van der Waals surface area contributed by atoms with Crippen molar-refractivity contribution in [1.82, 2.24) is 9.80 Å². The number of amides is 1. The first-order valence-electron chi connectivity index (χ1n) is 9.59. The Morgan fingerprint density at radius 3 is 2.36 bits per heavy atom. The number of carbonyl (C=O) groups excluding carboxylic acids is 1. The molecule has 1 aromatic carbocycles. The van der Waals surface area contributed by atoms with Gasteiger partial charge in [0.1, 0.15) is 0 Å². The van der Waals surface area contributed by atoms with Gasteiger partial charge in [-0.2, -0.15) is 0 Å². The minimum absolute atomic E-state index is 0.308. The van der Waals surface area contributed by atoms with Gasteiger partial charge in [-0.3, -0.25) is 9.69 Å². The first kappa shape index (κ1) is 19.9. The average Bonchev–Trinajstić information content (AvgIpc) is 2.59. The Balaban J connectivity index is 1.75. The zero-order valence-corrected chi connectivity index (χ0v) is 16.3. The maximum absolute atomic E-state index is 12.6. The molecule has 0 aromatic heterocycles. The van der Waals surface area contributed by atoms with Gasteiger partial charge in [-0.15, -0.1) is 0 Å². The lowest BCUT2D eigenvalue weighted by Crippen LogP contribution is -2.58. The molecule has 0 saturated carbocycles. The van der Waals surface area contributed by atoms with Crippen LogP contribution in [0.3, 0.4) is 0 Å². The van der Waals surface area contributed by atoms with Gasteiger partial charge in [0.25, 0.3) is 0 Å². The molecule has 0 N–H and O–H groups in total. The third-order valence-electron chi connectivity index (χ3n) is 5.20. The van der Waals surface area contributed by atoms with Crippen LogP contribution in [0, 0.1) is 6.92 Å². The lowest BCUT2D eigenvalue weighted by atomic mass is 10.0. The van der Waals surface area contributed by atoms with E-state index < -0.39 is 0 Å². The molecule has 140 valence electrons. The number of piperazine rings is 1. The van der Waals surface area contributed by atoms with Crippen molar-refractivity contribution in [2.45, 2.75) is 58.5 Å².